The largest absolute Gasteiger partial charge is 0.457 e. The molecule has 112 valence electrons. The molecular formula is C17H18F2O2. The van der Waals surface area contributed by atoms with E-state index in [4.69, 9.17) is 4.74 Å². The van der Waals surface area contributed by atoms with Crippen LogP contribution in [0.5, 0.6) is 11.5 Å². The van der Waals surface area contributed by atoms with Crippen LogP contribution in [0.3, 0.4) is 0 Å². The number of hydrogen-bond donors (Lipinski definition) is 1. The summed E-state index contributed by atoms with van der Waals surface area (Å²) in [5, 5.41) is 10.1. The molecule has 0 aliphatic carbocycles. The SMILES string of the molecule is Cc1cc(F)ccc1Oc1ccc(C(C)(O)CCF)cc1. The molecule has 1 atom stereocenters. The molecule has 4 heteroatoms. The van der Waals surface area contributed by atoms with E-state index in [9.17, 15) is 13.9 Å². The lowest BCUT2D eigenvalue weighted by atomic mass is 9.93. The molecule has 0 aliphatic heterocycles. The van der Waals surface area contributed by atoms with Crippen LogP contribution < -0.4 is 4.74 Å². The number of benzene rings is 2. The highest BCUT2D eigenvalue weighted by atomic mass is 19.1. The fraction of sp³-hybridized carbons (Fsp3) is 0.294. The van der Waals surface area contributed by atoms with E-state index in [1.807, 2.05) is 0 Å². The minimum atomic E-state index is -1.20. The summed E-state index contributed by atoms with van der Waals surface area (Å²) in [5.41, 5.74) is 0.130. The molecule has 0 amide bonds. The summed E-state index contributed by atoms with van der Waals surface area (Å²) in [6.45, 7) is 2.76. The predicted molar refractivity (Wildman–Crippen MR) is 77.8 cm³/mol. The van der Waals surface area contributed by atoms with E-state index in [-0.39, 0.29) is 12.2 Å². The van der Waals surface area contributed by atoms with E-state index < -0.39 is 12.3 Å². The van der Waals surface area contributed by atoms with Gasteiger partial charge >= 0.3 is 0 Å². The summed E-state index contributed by atoms with van der Waals surface area (Å²) in [5.74, 6) is 0.835. The fourth-order valence-corrected chi connectivity index (χ4v) is 2.06. The van der Waals surface area contributed by atoms with Crippen LogP contribution in [0.4, 0.5) is 8.78 Å². The zero-order valence-electron chi connectivity index (χ0n) is 12.1. The van der Waals surface area contributed by atoms with Crippen molar-refractivity contribution in [3.63, 3.8) is 0 Å². The maximum Gasteiger partial charge on any atom is 0.130 e. The van der Waals surface area contributed by atoms with Crippen LogP contribution in [0.1, 0.15) is 24.5 Å². The average Bonchev–Trinajstić information content (AvgIpc) is 2.42. The molecule has 2 rings (SSSR count). The lowest BCUT2D eigenvalue weighted by Gasteiger charge is -2.22. The number of alkyl halides is 1. The molecule has 0 bridgehead atoms. The van der Waals surface area contributed by atoms with Crippen molar-refractivity contribution in [2.45, 2.75) is 25.9 Å². The topological polar surface area (TPSA) is 29.5 Å². The molecule has 0 heterocycles. The van der Waals surface area contributed by atoms with Gasteiger partial charge < -0.3 is 9.84 Å². The van der Waals surface area contributed by atoms with Gasteiger partial charge in [0.15, 0.2) is 0 Å². The summed E-state index contributed by atoms with van der Waals surface area (Å²) in [6.07, 6.45) is 0.0459. The smallest absolute Gasteiger partial charge is 0.130 e. The zero-order chi connectivity index (χ0) is 15.5. The highest BCUT2D eigenvalue weighted by Crippen LogP contribution is 2.29. The van der Waals surface area contributed by atoms with Gasteiger partial charge in [0.1, 0.15) is 17.3 Å². The van der Waals surface area contributed by atoms with Gasteiger partial charge in [0.25, 0.3) is 0 Å². The van der Waals surface area contributed by atoms with E-state index in [1.54, 1.807) is 44.2 Å². The van der Waals surface area contributed by atoms with Gasteiger partial charge in [-0.3, -0.25) is 4.39 Å². The number of aliphatic hydroxyl groups is 1. The Kier molecular flexibility index (Phi) is 4.58. The van der Waals surface area contributed by atoms with Crippen LogP contribution >= 0.6 is 0 Å². The Morgan fingerprint density at radius 1 is 1.14 bits per heavy atom. The first kappa shape index (κ1) is 15.4. The first-order valence-corrected chi connectivity index (χ1v) is 6.75. The van der Waals surface area contributed by atoms with Crippen LogP contribution in [0.15, 0.2) is 42.5 Å². The van der Waals surface area contributed by atoms with E-state index in [0.717, 1.165) is 0 Å². The zero-order valence-corrected chi connectivity index (χ0v) is 12.1. The van der Waals surface area contributed by atoms with Crippen molar-refractivity contribution < 1.29 is 18.6 Å². The molecule has 1 unspecified atom stereocenters. The number of ether oxygens (including phenoxy) is 1. The monoisotopic (exact) mass is 292 g/mol. The Morgan fingerprint density at radius 3 is 2.38 bits per heavy atom. The third-order valence-corrected chi connectivity index (χ3v) is 3.42. The van der Waals surface area contributed by atoms with E-state index in [1.165, 1.54) is 12.1 Å². The number of aryl methyl sites for hydroxylation is 1. The van der Waals surface area contributed by atoms with Crippen molar-refractivity contribution in [1.29, 1.82) is 0 Å². The summed E-state index contributed by atoms with van der Waals surface area (Å²) in [6, 6.07) is 11.1. The number of rotatable bonds is 5. The Morgan fingerprint density at radius 2 is 1.81 bits per heavy atom. The second-order valence-electron chi connectivity index (χ2n) is 5.25. The van der Waals surface area contributed by atoms with Crippen LogP contribution in [-0.2, 0) is 5.60 Å². The molecule has 2 aromatic carbocycles. The highest BCUT2D eigenvalue weighted by molar-refractivity contribution is 5.38. The van der Waals surface area contributed by atoms with Crippen LogP contribution in [0.2, 0.25) is 0 Å². The summed E-state index contributed by atoms with van der Waals surface area (Å²) < 4.78 is 31.1. The molecular weight excluding hydrogens is 274 g/mol. The molecule has 0 saturated heterocycles. The molecule has 0 aliphatic rings. The minimum absolute atomic E-state index is 0.0459. The van der Waals surface area contributed by atoms with Gasteiger partial charge in [0.2, 0.25) is 0 Å². The normalized spacial score (nSPS) is 13.8. The first-order chi connectivity index (χ1) is 9.92. The maximum absolute atomic E-state index is 13.0. The Balaban J connectivity index is 2.16. The standard InChI is InChI=1S/C17H18F2O2/c1-12-11-14(19)5-8-16(12)21-15-6-3-13(4-7-15)17(2,20)9-10-18/h3-8,11,20H,9-10H2,1-2H3. The van der Waals surface area contributed by atoms with Crippen LogP contribution in [0, 0.1) is 12.7 Å². The second-order valence-corrected chi connectivity index (χ2v) is 5.25. The maximum atomic E-state index is 13.0. The average molecular weight is 292 g/mol. The van der Waals surface area contributed by atoms with Gasteiger partial charge in [0.05, 0.1) is 12.3 Å². The lowest BCUT2D eigenvalue weighted by molar-refractivity contribution is 0.0408. The third kappa shape index (κ3) is 3.79. The van der Waals surface area contributed by atoms with E-state index in [0.29, 0.717) is 22.6 Å². The van der Waals surface area contributed by atoms with Gasteiger partial charge in [-0.05, 0) is 55.3 Å². The van der Waals surface area contributed by atoms with Crippen molar-refractivity contribution in [2.24, 2.45) is 0 Å². The van der Waals surface area contributed by atoms with Gasteiger partial charge in [-0.1, -0.05) is 12.1 Å². The van der Waals surface area contributed by atoms with Crippen molar-refractivity contribution in [2.75, 3.05) is 6.67 Å². The summed E-state index contributed by atoms with van der Waals surface area (Å²) in [7, 11) is 0. The molecule has 0 saturated carbocycles. The van der Waals surface area contributed by atoms with Crippen molar-refractivity contribution in [3.05, 3.63) is 59.4 Å². The quantitative estimate of drug-likeness (QED) is 0.879. The van der Waals surface area contributed by atoms with Gasteiger partial charge in [-0.15, -0.1) is 0 Å². The van der Waals surface area contributed by atoms with E-state index >= 15 is 0 Å². The summed E-state index contributed by atoms with van der Waals surface area (Å²) >= 11 is 0. The Bertz CT molecular complexity index is 607. The van der Waals surface area contributed by atoms with Crippen LogP contribution in [0.25, 0.3) is 0 Å². The Labute approximate surface area is 123 Å². The van der Waals surface area contributed by atoms with Gasteiger partial charge in [-0.25, -0.2) is 4.39 Å². The molecule has 21 heavy (non-hydrogen) atoms. The molecule has 0 fully saturated rings. The molecule has 0 radical (unpaired) electrons. The van der Waals surface area contributed by atoms with Crippen molar-refractivity contribution >= 4 is 0 Å². The number of hydrogen-bond acceptors (Lipinski definition) is 2. The van der Waals surface area contributed by atoms with E-state index in [2.05, 4.69) is 0 Å². The highest BCUT2D eigenvalue weighted by Gasteiger charge is 2.22. The minimum Gasteiger partial charge on any atom is -0.457 e. The second kappa shape index (κ2) is 6.22. The van der Waals surface area contributed by atoms with Gasteiger partial charge in [0, 0.05) is 6.42 Å². The lowest BCUT2D eigenvalue weighted by Crippen LogP contribution is -2.21. The summed E-state index contributed by atoms with van der Waals surface area (Å²) in [4.78, 5) is 0. The molecule has 2 aromatic rings. The fourth-order valence-electron chi connectivity index (χ4n) is 2.06. The van der Waals surface area contributed by atoms with Crippen molar-refractivity contribution in [1.82, 2.24) is 0 Å². The van der Waals surface area contributed by atoms with Gasteiger partial charge in [-0.2, -0.15) is 0 Å². The molecule has 0 spiro atoms. The molecule has 2 nitrogen and oxygen atoms in total. The van der Waals surface area contributed by atoms with Crippen LogP contribution in [-0.4, -0.2) is 11.8 Å². The molecule has 0 aromatic heterocycles. The Hall–Kier alpha value is -1.94. The molecule has 1 N–H and O–H groups in total. The number of halogens is 2. The predicted octanol–water partition coefficient (Wildman–Crippen LogP) is 4.49. The third-order valence-electron chi connectivity index (χ3n) is 3.42. The first-order valence-electron chi connectivity index (χ1n) is 6.75. The van der Waals surface area contributed by atoms with Crippen molar-refractivity contribution in [3.8, 4) is 11.5 Å².